The Morgan fingerprint density at radius 2 is 1.46 bits per heavy atom. The van der Waals surface area contributed by atoms with Crippen molar-refractivity contribution in [2.75, 3.05) is 47.2 Å². The van der Waals surface area contributed by atoms with E-state index in [0.717, 1.165) is 26.8 Å². The van der Waals surface area contributed by atoms with Crippen molar-refractivity contribution in [1.29, 1.82) is 0 Å². The molecule has 6 amide bonds. The molecule has 0 saturated carbocycles. The van der Waals surface area contributed by atoms with E-state index in [1.54, 1.807) is 71.6 Å². The highest BCUT2D eigenvalue weighted by Gasteiger charge is 2.34. The Kier molecular flexibility index (Phi) is 15.5. The number of fused-ring (bicyclic) bond motifs is 6. The number of carbonyl (C=O) groups excluding carboxylic acids is 6. The number of ether oxygens (including phenoxy) is 1. The lowest BCUT2D eigenvalue weighted by Crippen LogP contribution is -2.31. The molecule has 8 rings (SSSR count). The number of rotatable bonds is 19. The second-order valence-electron chi connectivity index (χ2n) is 16.7. The predicted octanol–water partition coefficient (Wildman–Crippen LogP) is 6.58. The molecule has 0 fully saturated rings. The number of aliphatic hydroxyl groups excluding tert-OH is 1. The Hall–Kier alpha value is -7.27. The number of anilines is 3. The third-order valence-corrected chi connectivity index (χ3v) is 13.0. The number of hydrogen-bond acceptors (Lipinski definition) is 11. The summed E-state index contributed by atoms with van der Waals surface area (Å²) >= 11 is 6.43. The lowest BCUT2D eigenvalue weighted by molar-refractivity contribution is -0.178. The molecular formula is C51H48ClN5O12P+. The molecule has 2 atom stereocenters. The minimum absolute atomic E-state index is 0.0318. The van der Waals surface area contributed by atoms with Gasteiger partial charge < -0.3 is 35.4 Å². The van der Waals surface area contributed by atoms with Crippen molar-refractivity contribution in [2.45, 2.75) is 50.9 Å². The molecule has 360 valence electrons. The molecule has 5 aromatic rings. The minimum atomic E-state index is -2.98. The molecular weight excluding hydrogens is 941 g/mol. The van der Waals surface area contributed by atoms with E-state index in [9.17, 15) is 48.4 Å². The first-order valence-corrected chi connectivity index (χ1v) is 24.2. The first-order valence-electron chi connectivity index (χ1n) is 22.6. The van der Waals surface area contributed by atoms with Crippen LogP contribution in [0.25, 0.3) is 33.7 Å². The van der Waals surface area contributed by atoms with Crippen LogP contribution < -0.4 is 29.7 Å². The first kappa shape index (κ1) is 49.2. The molecule has 0 aromatic heterocycles. The van der Waals surface area contributed by atoms with Crippen molar-refractivity contribution in [1.82, 2.24) is 10.2 Å². The standard InChI is InChI=1S/C51H47ClN5O12P/c52-29-33-30-57(41-28-42(68-51(64)65)37-10-5-6-11-38(37)50(33)41)49(63)17-14-31-13-15-32(16-18-46(60)55-25-22-35-34-8-3-4-9-36(34)43(27-40(35)55)69-70(66)67)39(26-31)54-45(59)21-23-53-44(58)12-2-1-7-24-56-47(61)19-20-48(56)62/h3-6,8-11,13-20,26-28,33,51,64-65H,1-2,7,12,21-25,29-30H2,(H2-,53,54,58,59,60,66,67)/p+1/b17-14+/t33-/m1/s1. The Morgan fingerprint density at radius 3 is 2.17 bits per heavy atom. The van der Waals surface area contributed by atoms with E-state index in [-0.39, 0.29) is 73.5 Å². The van der Waals surface area contributed by atoms with E-state index in [1.165, 1.54) is 29.2 Å². The maximum atomic E-state index is 14.0. The van der Waals surface area contributed by atoms with E-state index >= 15 is 0 Å². The number of imide groups is 1. The minimum Gasteiger partial charge on any atom is -0.441 e. The maximum Gasteiger partial charge on any atom is 0.747 e. The van der Waals surface area contributed by atoms with Crippen LogP contribution in [0.1, 0.15) is 60.3 Å². The van der Waals surface area contributed by atoms with Crippen LogP contribution in [-0.4, -0.2) is 94.0 Å². The number of unbranched alkanes of at least 4 members (excludes halogenated alkanes) is 2. The fourth-order valence-corrected chi connectivity index (χ4v) is 9.59. The number of halogens is 1. The van der Waals surface area contributed by atoms with Crippen LogP contribution in [0, 0.1) is 0 Å². The van der Waals surface area contributed by atoms with Gasteiger partial charge in [0, 0.05) is 108 Å². The fourth-order valence-electron chi connectivity index (χ4n) is 9.02. The summed E-state index contributed by atoms with van der Waals surface area (Å²) in [5.41, 5.74) is 4.02. The quantitative estimate of drug-likeness (QED) is 0.0147. The average molecular weight is 989 g/mol. The van der Waals surface area contributed by atoms with Gasteiger partial charge in [0.25, 0.3) is 23.6 Å². The van der Waals surface area contributed by atoms with Crippen molar-refractivity contribution in [3.63, 3.8) is 0 Å². The largest absolute Gasteiger partial charge is 0.747 e. The maximum absolute atomic E-state index is 14.0. The number of carbonyl (C=O) groups is 6. The predicted molar refractivity (Wildman–Crippen MR) is 264 cm³/mol. The van der Waals surface area contributed by atoms with Crippen LogP contribution in [-0.2, 0) is 39.8 Å². The van der Waals surface area contributed by atoms with Gasteiger partial charge in [-0.15, -0.1) is 16.5 Å². The second kappa shape index (κ2) is 22.0. The number of benzene rings is 5. The van der Waals surface area contributed by atoms with Crippen LogP contribution in [0.2, 0.25) is 0 Å². The van der Waals surface area contributed by atoms with E-state index in [4.69, 9.17) is 20.9 Å². The number of aliphatic hydroxyl groups is 2. The summed E-state index contributed by atoms with van der Waals surface area (Å²) in [7, 11) is -2.98. The van der Waals surface area contributed by atoms with Gasteiger partial charge in [0.2, 0.25) is 11.8 Å². The van der Waals surface area contributed by atoms with Crippen molar-refractivity contribution < 1.29 is 57.7 Å². The zero-order valence-corrected chi connectivity index (χ0v) is 39.2. The Bertz CT molecular complexity index is 3010. The van der Waals surface area contributed by atoms with Crippen molar-refractivity contribution >= 4 is 106 Å². The summed E-state index contributed by atoms with van der Waals surface area (Å²) < 4.78 is 22.3. The molecule has 19 heteroatoms. The van der Waals surface area contributed by atoms with Gasteiger partial charge in [0.1, 0.15) is 5.75 Å². The zero-order valence-electron chi connectivity index (χ0n) is 37.6. The molecule has 3 aliphatic rings. The highest BCUT2D eigenvalue weighted by atomic mass is 35.5. The van der Waals surface area contributed by atoms with Gasteiger partial charge >= 0.3 is 14.7 Å². The Balaban J connectivity index is 0.986. The van der Waals surface area contributed by atoms with Crippen LogP contribution >= 0.6 is 19.9 Å². The number of nitrogens with zero attached hydrogens (tertiary/aromatic N) is 3. The number of amides is 6. The van der Waals surface area contributed by atoms with Crippen molar-refractivity contribution in [3.8, 4) is 11.5 Å². The fraction of sp³-hybridized carbons (Fsp3) is 0.255. The summed E-state index contributed by atoms with van der Waals surface area (Å²) in [6, 6.07) is 22.7. The molecule has 0 spiro atoms. The van der Waals surface area contributed by atoms with Crippen LogP contribution in [0.5, 0.6) is 11.5 Å². The monoisotopic (exact) mass is 988 g/mol. The molecule has 5 N–H and O–H groups in total. The van der Waals surface area contributed by atoms with Crippen molar-refractivity contribution in [3.05, 3.63) is 125 Å². The SMILES string of the molecule is O=C(CCCCCN1C(=O)C=CC1=O)NCCC(=O)Nc1cc(/C=C/C(=O)N2C[C@@H](CCl)c3c2cc(OC(O)O)c2ccccc32)ccc1/C=C/C(=O)N1CCc2c1cc(O[P+](=O)O)c1ccccc21. The molecule has 0 aliphatic carbocycles. The third kappa shape index (κ3) is 11.1. The van der Waals surface area contributed by atoms with Crippen LogP contribution in [0.3, 0.4) is 0 Å². The molecule has 0 radical (unpaired) electrons. The average Bonchev–Trinajstić information content (AvgIpc) is 4.04. The molecule has 0 saturated heterocycles. The van der Waals surface area contributed by atoms with Gasteiger partial charge in [-0.05, 0) is 70.5 Å². The van der Waals surface area contributed by atoms with Gasteiger partial charge in [0.05, 0.1) is 11.4 Å². The smallest absolute Gasteiger partial charge is 0.441 e. The topological polar surface area (TPSA) is 232 Å². The summed E-state index contributed by atoms with van der Waals surface area (Å²) in [5.74, 6) is -1.88. The zero-order chi connectivity index (χ0) is 49.5. The van der Waals surface area contributed by atoms with Gasteiger partial charge in [-0.1, -0.05) is 67.1 Å². The Labute approximate surface area is 407 Å². The van der Waals surface area contributed by atoms with Gasteiger partial charge in [-0.3, -0.25) is 33.7 Å². The number of hydrogen-bond donors (Lipinski definition) is 5. The molecule has 17 nitrogen and oxygen atoms in total. The summed E-state index contributed by atoms with van der Waals surface area (Å²) in [5, 5.41) is 27.8. The summed E-state index contributed by atoms with van der Waals surface area (Å²) in [6.07, 6.45) is 10.6. The van der Waals surface area contributed by atoms with Crippen molar-refractivity contribution in [2.24, 2.45) is 0 Å². The summed E-state index contributed by atoms with van der Waals surface area (Å²) in [4.78, 5) is 91.2. The van der Waals surface area contributed by atoms with Gasteiger partial charge in [-0.2, -0.15) is 0 Å². The van der Waals surface area contributed by atoms with Crippen LogP contribution in [0.15, 0.2) is 103 Å². The van der Waals surface area contributed by atoms with E-state index in [2.05, 4.69) is 10.6 Å². The highest BCUT2D eigenvalue weighted by Crippen LogP contribution is 2.46. The van der Waals surface area contributed by atoms with E-state index < -0.39 is 32.5 Å². The van der Waals surface area contributed by atoms with Crippen LogP contribution in [0.4, 0.5) is 17.1 Å². The third-order valence-electron chi connectivity index (χ3n) is 12.3. The van der Waals surface area contributed by atoms with E-state index in [0.29, 0.717) is 71.2 Å². The molecule has 3 aliphatic heterocycles. The van der Waals surface area contributed by atoms with Gasteiger partial charge in [0.15, 0.2) is 5.75 Å². The van der Waals surface area contributed by atoms with E-state index in [1.807, 2.05) is 24.3 Å². The first-order chi connectivity index (χ1) is 33.8. The second-order valence-corrected chi connectivity index (χ2v) is 17.7. The highest BCUT2D eigenvalue weighted by molar-refractivity contribution is 7.32. The number of alkyl halides is 1. The molecule has 5 aromatic carbocycles. The molecule has 1 unspecified atom stereocenters. The summed E-state index contributed by atoms with van der Waals surface area (Å²) in [6.45, 7) is -1.20. The molecule has 70 heavy (non-hydrogen) atoms. The molecule has 0 bridgehead atoms. The normalized spacial score (nSPS) is 15.5. The van der Waals surface area contributed by atoms with Gasteiger partial charge in [-0.25, -0.2) is 4.52 Å². The number of nitrogens with one attached hydrogen (secondary N) is 2. The molecule has 3 heterocycles. The Morgan fingerprint density at radius 1 is 0.786 bits per heavy atom. The lowest BCUT2D eigenvalue weighted by atomic mass is 9.95. The lowest BCUT2D eigenvalue weighted by Gasteiger charge is -2.18.